The number of nitrogen functional groups attached to an aromatic ring is 1. The van der Waals surface area contributed by atoms with Crippen molar-refractivity contribution >= 4 is 28.9 Å². The molecule has 2 rings (SSSR count). The van der Waals surface area contributed by atoms with Crippen LogP contribution in [0.4, 0.5) is 5.82 Å². The van der Waals surface area contributed by atoms with E-state index in [4.69, 9.17) is 5.73 Å². The van der Waals surface area contributed by atoms with Crippen LogP contribution in [0.15, 0.2) is 28.9 Å². The molecule has 2 aromatic rings. The Morgan fingerprint density at radius 3 is 3.00 bits per heavy atom. The van der Waals surface area contributed by atoms with Crippen molar-refractivity contribution in [2.45, 2.75) is 12.1 Å². The van der Waals surface area contributed by atoms with Gasteiger partial charge in [-0.2, -0.15) is 0 Å². The normalized spacial score (nSPS) is 10.5. The zero-order valence-electron chi connectivity index (χ0n) is 8.30. The highest BCUT2D eigenvalue weighted by Crippen LogP contribution is 2.29. The van der Waals surface area contributed by atoms with Gasteiger partial charge in [0.2, 0.25) is 0 Å². The summed E-state index contributed by atoms with van der Waals surface area (Å²) in [5.74, 6) is 1.51. The molecule has 5 heteroatoms. The monoisotopic (exact) mass is 237 g/mol. The van der Waals surface area contributed by atoms with E-state index in [1.165, 1.54) is 0 Å². The molecule has 0 amide bonds. The van der Waals surface area contributed by atoms with E-state index < -0.39 is 0 Å². The van der Waals surface area contributed by atoms with E-state index in [0.29, 0.717) is 5.82 Å². The molecular formula is C10H11N3S2. The fourth-order valence-corrected chi connectivity index (χ4v) is 2.49. The van der Waals surface area contributed by atoms with Gasteiger partial charge in [0.15, 0.2) is 5.16 Å². The number of thiophene rings is 1. The number of rotatable bonds is 3. The molecule has 78 valence electrons. The fraction of sp³-hybridized carbons (Fsp3) is 0.200. The van der Waals surface area contributed by atoms with E-state index in [1.807, 2.05) is 17.5 Å². The smallest absolute Gasteiger partial charge is 0.189 e. The lowest BCUT2D eigenvalue weighted by Crippen LogP contribution is -1.97. The highest BCUT2D eigenvalue weighted by atomic mass is 32.2. The molecule has 0 atom stereocenters. The molecule has 0 radical (unpaired) electrons. The van der Waals surface area contributed by atoms with E-state index in [1.54, 1.807) is 29.3 Å². The molecule has 0 aliphatic rings. The first-order valence-corrected chi connectivity index (χ1v) is 6.47. The van der Waals surface area contributed by atoms with Crippen molar-refractivity contribution in [2.24, 2.45) is 0 Å². The summed E-state index contributed by atoms with van der Waals surface area (Å²) in [6.45, 7) is 2.07. The summed E-state index contributed by atoms with van der Waals surface area (Å²) in [6.07, 6.45) is 1.80. The maximum absolute atomic E-state index is 5.89. The maximum atomic E-state index is 5.89. The van der Waals surface area contributed by atoms with Gasteiger partial charge in [0.25, 0.3) is 0 Å². The summed E-state index contributed by atoms with van der Waals surface area (Å²) in [4.78, 5) is 9.63. The second kappa shape index (κ2) is 4.63. The minimum Gasteiger partial charge on any atom is -0.383 e. The minimum atomic E-state index is 0.559. The van der Waals surface area contributed by atoms with Gasteiger partial charge in [0.1, 0.15) is 5.82 Å². The second-order valence-electron chi connectivity index (χ2n) is 2.86. The van der Waals surface area contributed by atoms with Gasteiger partial charge in [0, 0.05) is 11.1 Å². The summed E-state index contributed by atoms with van der Waals surface area (Å²) in [7, 11) is 0. The van der Waals surface area contributed by atoms with Crippen molar-refractivity contribution in [1.82, 2.24) is 9.97 Å². The van der Waals surface area contributed by atoms with Gasteiger partial charge < -0.3 is 5.73 Å². The van der Waals surface area contributed by atoms with Crippen molar-refractivity contribution in [3.05, 3.63) is 23.7 Å². The molecule has 0 saturated carbocycles. The van der Waals surface area contributed by atoms with Crippen LogP contribution in [0.25, 0.3) is 10.4 Å². The SMILES string of the molecule is CCSc1ncc(-c2cccs2)c(N)n1. The number of thioether (sulfide) groups is 1. The molecule has 0 fully saturated rings. The van der Waals surface area contributed by atoms with Crippen LogP contribution in [0.2, 0.25) is 0 Å². The summed E-state index contributed by atoms with van der Waals surface area (Å²) >= 11 is 3.24. The van der Waals surface area contributed by atoms with Crippen molar-refractivity contribution in [3.8, 4) is 10.4 Å². The van der Waals surface area contributed by atoms with Gasteiger partial charge in [-0.15, -0.1) is 11.3 Å². The number of hydrogen-bond acceptors (Lipinski definition) is 5. The van der Waals surface area contributed by atoms with Crippen LogP contribution in [0, 0.1) is 0 Å². The Morgan fingerprint density at radius 2 is 2.40 bits per heavy atom. The zero-order valence-corrected chi connectivity index (χ0v) is 9.94. The molecule has 3 nitrogen and oxygen atoms in total. The lowest BCUT2D eigenvalue weighted by atomic mass is 10.2. The molecule has 2 aromatic heterocycles. The van der Waals surface area contributed by atoms with Crippen LogP contribution in [0.1, 0.15) is 6.92 Å². The first-order chi connectivity index (χ1) is 7.31. The van der Waals surface area contributed by atoms with E-state index in [-0.39, 0.29) is 0 Å². The Kier molecular flexibility index (Phi) is 3.23. The van der Waals surface area contributed by atoms with Crippen molar-refractivity contribution in [1.29, 1.82) is 0 Å². The number of aromatic nitrogens is 2. The van der Waals surface area contributed by atoms with Crippen LogP contribution in [0.3, 0.4) is 0 Å². The van der Waals surface area contributed by atoms with Crippen LogP contribution < -0.4 is 5.73 Å². The van der Waals surface area contributed by atoms with E-state index >= 15 is 0 Å². The summed E-state index contributed by atoms with van der Waals surface area (Å²) in [5, 5.41) is 2.76. The Hall–Kier alpha value is -1.07. The molecule has 0 aliphatic carbocycles. The van der Waals surface area contributed by atoms with Crippen LogP contribution in [-0.2, 0) is 0 Å². The third kappa shape index (κ3) is 2.30. The number of hydrogen-bond donors (Lipinski definition) is 1. The average Bonchev–Trinajstić information content (AvgIpc) is 2.71. The third-order valence-corrected chi connectivity index (χ3v) is 3.50. The Labute approximate surface area is 96.8 Å². The van der Waals surface area contributed by atoms with Crippen molar-refractivity contribution in [3.63, 3.8) is 0 Å². The minimum absolute atomic E-state index is 0.559. The van der Waals surface area contributed by atoms with Gasteiger partial charge in [-0.1, -0.05) is 24.8 Å². The summed E-state index contributed by atoms with van der Waals surface area (Å²) in [5.41, 5.74) is 6.81. The first-order valence-electron chi connectivity index (χ1n) is 4.60. The Bertz CT molecular complexity index is 440. The quantitative estimate of drug-likeness (QED) is 0.658. The van der Waals surface area contributed by atoms with Gasteiger partial charge in [0.05, 0.1) is 5.56 Å². The topological polar surface area (TPSA) is 51.8 Å². The average molecular weight is 237 g/mol. The summed E-state index contributed by atoms with van der Waals surface area (Å²) < 4.78 is 0. The number of nitrogens with two attached hydrogens (primary N) is 1. The highest BCUT2D eigenvalue weighted by molar-refractivity contribution is 7.99. The molecular weight excluding hydrogens is 226 g/mol. The second-order valence-corrected chi connectivity index (χ2v) is 5.04. The molecule has 0 unspecified atom stereocenters. The predicted octanol–water partition coefficient (Wildman–Crippen LogP) is 2.90. The van der Waals surface area contributed by atoms with Gasteiger partial charge in [-0.05, 0) is 17.2 Å². The Balaban J connectivity index is 2.35. The highest BCUT2D eigenvalue weighted by Gasteiger charge is 2.06. The third-order valence-electron chi connectivity index (χ3n) is 1.86. The molecule has 0 aliphatic heterocycles. The van der Waals surface area contributed by atoms with E-state index in [0.717, 1.165) is 21.3 Å². The van der Waals surface area contributed by atoms with E-state index in [2.05, 4.69) is 16.9 Å². The standard InChI is InChI=1S/C10H11N3S2/c1-2-14-10-12-6-7(9(11)13-10)8-4-3-5-15-8/h3-6H,2H2,1H3,(H2,11,12,13). The molecule has 0 saturated heterocycles. The lowest BCUT2D eigenvalue weighted by Gasteiger charge is -2.03. The Morgan fingerprint density at radius 1 is 1.53 bits per heavy atom. The largest absolute Gasteiger partial charge is 0.383 e. The van der Waals surface area contributed by atoms with Gasteiger partial charge in [-0.3, -0.25) is 0 Å². The van der Waals surface area contributed by atoms with Crippen LogP contribution in [-0.4, -0.2) is 15.7 Å². The first kappa shape index (κ1) is 10.4. The predicted molar refractivity (Wildman–Crippen MR) is 66.2 cm³/mol. The van der Waals surface area contributed by atoms with Crippen molar-refractivity contribution in [2.75, 3.05) is 11.5 Å². The molecule has 0 bridgehead atoms. The zero-order chi connectivity index (χ0) is 10.7. The fourth-order valence-electron chi connectivity index (χ4n) is 1.20. The summed E-state index contributed by atoms with van der Waals surface area (Å²) in [6, 6.07) is 4.01. The molecule has 15 heavy (non-hydrogen) atoms. The van der Waals surface area contributed by atoms with Crippen LogP contribution in [0.5, 0.6) is 0 Å². The van der Waals surface area contributed by atoms with Crippen molar-refractivity contribution < 1.29 is 0 Å². The molecule has 2 N–H and O–H groups in total. The number of anilines is 1. The van der Waals surface area contributed by atoms with Gasteiger partial charge in [-0.25, -0.2) is 9.97 Å². The molecule has 0 spiro atoms. The molecule has 2 heterocycles. The maximum Gasteiger partial charge on any atom is 0.189 e. The molecule has 0 aromatic carbocycles. The van der Waals surface area contributed by atoms with Crippen LogP contribution >= 0.6 is 23.1 Å². The number of nitrogens with zero attached hydrogens (tertiary/aromatic N) is 2. The lowest BCUT2D eigenvalue weighted by molar-refractivity contribution is 0.980. The van der Waals surface area contributed by atoms with Gasteiger partial charge >= 0.3 is 0 Å². The van der Waals surface area contributed by atoms with E-state index in [9.17, 15) is 0 Å².